The Bertz CT molecular complexity index is 612. The first-order valence-corrected chi connectivity index (χ1v) is 10.3. The van der Waals surface area contributed by atoms with Crippen LogP contribution in [0.2, 0.25) is 0 Å². The Morgan fingerprint density at radius 1 is 1.15 bits per heavy atom. The predicted octanol–water partition coefficient (Wildman–Crippen LogP) is 6.26. The van der Waals surface area contributed by atoms with Crippen molar-refractivity contribution in [2.45, 2.75) is 77.7 Å². The first-order chi connectivity index (χ1) is 12.6. The number of benzene rings is 1. The lowest BCUT2D eigenvalue weighted by atomic mass is 9.82. The normalized spacial score (nSPS) is 21.7. The van der Waals surface area contributed by atoms with Crippen LogP contribution in [0.5, 0.6) is 0 Å². The summed E-state index contributed by atoms with van der Waals surface area (Å²) in [7, 11) is 0. The fourth-order valence-electron chi connectivity index (χ4n) is 3.73. The maximum atomic E-state index is 12.3. The summed E-state index contributed by atoms with van der Waals surface area (Å²) in [6.07, 6.45) is 13.3. The largest absolute Gasteiger partial charge is 0.388 e. The fourth-order valence-corrected chi connectivity index (χ4v) is 3.73. The molecule has 0 fully saturated rings. The Kier molecular flexibility index (Phi) is 8.84. The molecule has 142 valence electrons. The van der Waals surface area contributed by atoms with E-state index in [2.05, 4.69) is 26.0 Å². The molecule has 0 bridgehead atoms. The summed E-state index contributed by atoms with van der Waals surface area (Å²) in [5, 5.41) is 10.5. The molecule has 0 saturated heterocycles. The van der Waals surface area contributed by atoms with Crippen LogP contribution in [0, 0.1) is 5.92 Å². The number of rotatable bonds is 10. The summed E-state index contributed by atoms with van der Waals surface area (Å²) in [6.45, 7) is 4.39. The Labute approximate surface area is 159 Å². The molecule has 1 aliphatic rings. The molecule has 0 spiro atoms. The molecule has 0 aliphatic heterocycles. The van der Waals surface area contributed by atoms with Gasteiger partial charge in [0.05, 0.1) is 6.10 Å². The molecule has 1 N–H and O–H groups in total. The van der Waals surface area contributed by atoms with Gasteiger partial charge in [-0.1, -0.05) is 75.6 Å². The van der Waals surface area contributed by atoms with Gasteiger partial charge in [0, 0.05) is 12.0 Å². The van der Waals surface area contributed by atoms with Crippen molar-refractivity contribution in [1.29, 1.82) is 0 Å². The highest BCUT2D eigenvalue weighted by Gasteiger charge is 2.22. The second-order valence-corrected chi connectivity index (χ2v) is 7.57. The zero-order valence-corrected chi connectivity index (χ0v) is 16.4. The highest BCUT2D eigenvalue weighted by molar-refractivity contribution is 5.95. The van der Waals surface area contributed by atoms with Gasteiger partial charge in [0.15, 0.2) is 5.78 Å². The average molecular weight is 355 g/mol. The van der Waals surface area contributed by atoms with Crippen molar-refractivity contribution >= 4 is 5.78 Å². The van der Waals surface area contributed by atoms with Crippen LogP contribution >= 0.6 is 0 Å². The van der Waals surface area contributed by atoms with Crippen LogP contribution in [0.4, 0.5) is 0 Å². The molecule has 2 rings (SSSR count). The van der Waals surface area contributed by atoms with Crippen molar-refractivity contribution in [2.24, 2.45) is 5.92 Å². The van der Waals surface area contributed by atoms with Crippen LogP contribution in [-0.2, 0) is 0 Å². The second kappa shape index (κ2) is 11.1. The van der Waals surface area contributed by atoms with Gasteiger partial charge in [-0.05, 0) is 49.2 Å². The monoisotopic (exact) mass is 354 g/mol. The van der Waals surface area contributed by atoms with Crippen molar-refractivity contribution in [3.05, 3.63) is 59.2 Å². The zero-order valence-electron chi connectivity index (χ0n) is 16.4. The van der Waals surface area contributed by atoms with Gasteiger partial charge in [-0.25, -0.2) is 0 Å². The van der Waals surface area contributed by atoms with E-state index in [1.807, 2.05) is 30.3 Å². The maximum absolute atomic E-state index is 12.3. The van der Waals surface area contributed by atoms with Crippen LogP contribution in [0.3, 0.4) is 0 Å². The third-order valence-corrected chi connectivity index (χ3v) is 5.18. The van der Waals surface area contributed by atoms with E-state index in [0.717, 1.165) is 36.8 Å². The minimum Gasteiger partial charge on any atom is -0.388 e. The van der Waals surface area contributed by atoms with E-state index < -0.39 is 0 Å². The SMILES string of the molecule is CCCCCC/C=C1\C(CCCC(=O)c2ccccc2)=CC(C)CC1O. The number of ketones is 1. The van der Waals surface area contributed by atoms with E-state index in [1.165, 1.54) is 31.3 Å². The predicted molar refractivity (Wildman–Crippen MR) is 109 cm³/mol. The number of carbonyl (C=O) groups is 1. The van der Waals surface area contributed by atoms with E-state index in [4.69, 9.17) is 0 Å². The molecule has 2 unspecified atom stereocenters. The van der Waals surface area contributed by atoms with Crippen LogP contribution in [0.15, 0.2) is 53.6 Å². The van der Waals surface area contributed by atoms with Crippen molar-refractivity contribution in [3.63, 3.8) is 0 Å². The molecule has 0 aromatic heterocycles. The smallest absolute Gasteiger partial charge is 0.162 e. The van der Waals surface area contributed by atoms with Crippen LogP contribution in [0.25, 0.3) is 0 Å². The molecule has 0 radical (unpaired) electrons. The molecule has 1 aromatic rings. The molecule has 0 heterocycles. The van der Waals surface area contributed by atoms with Gasteiger partial charge in [-0.3, -0.25) is 4.79 Å². The molecule has 0 saturated carbocycles. The lowest BCUT2D eigenvalue weighted by molar-refractivity contribution is 0.0980. The summed E-state index contributed by atoms with van der Waals surface area (Å²) >= 11 is 0. The van der Waals surface area contributed by atoms with Crippen LogP contribution in [0.1, 0.15) is 82.0 Å². The summed E-state index contributed by atoms with van der Waals surface area (Å²) < 4.78 is 0. The number of hydrogen-bond acceptors (Lipinski definition) is 2. The molecule has 1 aliphatic carbocycles. The Morgan fingerprint density at radius 2 is 1.92 bits per heavy atom. The molecule has 1 aromatic carbocycles. The van der Waals surface area contributed by atoms with Gasteiger partial charge in [0.25, 0.3) is 0 Å². The zero-order chi connectivity index (χ0) is 18.8. The molecule has 2 atom stereocenters. The second-order valence-electron chi connectivity index (χ2n) is 7.57. The third kappa shape index (κ3) is 6.57. The Balaban J connectivity index is 1.90. The number of Topliss-reactive ketones (excluding diaryl/α,β-unsaturated/α-hetero) is 1. The van der Waals surface area contributed by atoms with Crippen molar-refractivity contribution < 1.29 is 9.90 Å². The molecular formula is C24H34O2. The maximum Gasteiger partial charge on any atom is 0.162 e. The number of carbonyl (C=O) groups excluding carboxylic acids is 1. The number of aliphatic hydroxyl groups is 1. The minimum absolute atomic E-state index is 0.209. The summed E-state index contributed by atoms with van der Waals surface area (Å²) in [5.41, 5.74) is 3.17. The quantitative estimate of drug-likeness (QED) is 0.397. The number of hydrogen-bond donors (Lipinski definition) is 1. The van der Waals surface area contributed by atoms with Crippen molar-refractivity contribution in [1.82, 2.24) is 0 Å². The number of aliphatic hydroxyl groups excluding tert-OH is 1. The van der Waals surface area contributed by atoms with E-state index >= 15 is 0 Å². The third-order valence-electron chi connectivity index (χ3n) is 5.18. The summed E-state index contributed by atoms with van der Waals surface area (Å²) in [4.78, 5) is 12.3. The molecular weight excluding hydrogens is 320 g/mol. The van der Waals surface area contributed by atoms with Crippen molar-refractivity contribution in [3.8, 4) is 0 Å². The van der Waals surface area contributed by atoms with Gasteiger partial charge in [0.2, 0.25) is 0 Å². The lowest BCUT2D eigenvalue weighted by Gasteiger charge is -2.27. The van der Waals surface area contributed by atoms with Crippen molar-refractivity contribution in [2.75, 3.05) is 0 Å². The number of allylic oxidation sites excluding steroid dienone is 2. The van der Waals surface area contributed by atoms with Gasteiger partial charge in [-0.15, -0.1) is 0 Å². The molecule has 2 heteroatoms. The lowest BCUT2D eigenvalue weighted by Crippen LogP contribution is -2.20. The van der Waals surface area contributed by atoms with E-state index in [0.29, 0.717) is 12.3 Å². The van der Waals surface area contributed by atoms with E-state index in [9.17, 15) is 9.90 Å². The van der Waals surface area contributed by atoms with Gasteiger partial charge < -0.3 is 5.11 Å². The molecule has 0 amide bonds. The number of unbranched alkanes of at least 4 members (excludes halogenated alkanes) is 4. The van der Waals surface area contributed by atoms with Crippen LogP contribution in [-0.4, -0.2) is 17.0 Å². The minimum atomic E-state index is -0.346. The van der Waals surface area contributed by atoms with E-state index in [1.54, 1.807) is 0 Å². The van der Waals surface area contributed by atoms with Gasteiger partial charge in [0.1, 0.15) is 0 Å². The highest BCUT2D eigenvalue weighted by Crippen LogP contribution is 2.32. The average Bonchev–Trinajstić information content (AvgIpc) is 2.63. The fraction of sp³-hybridized carbons (Fsp3) is 0.542. The Hall–Kier alpha value is -1.67. The standard InChI is InChI=1S/C24H34O2/c1-3-4-5-6-10-15-22-21(17-19(2)18-24(22)26)14-11-16-23(25)20-12-8-7-9-13-20/h7-9,12-13,15,17,19,24,26H,3-6,10-11,14,16,18H2,1-2H3/b22-15+. The first-order valence-electron chi connectivity index (χ1n) is 10.3. The Morgan fingerprint density at radius 3 is 2.65 bits per heavy atom. The van der Waals surface area contributed by atoms with Crippen LogP contribution < -0.4 is 0 Å². The van der Waals surface area contributed by atoms with E-state index in [-0.39, 0.29) is 11.9 Å². The summed E-state index contributed by atoms with van der Waals surface area (Å²) in [6, 6.07) is 9.53. The molecule has 26 heavy (non-hydrogen) atoms. The van der Waals surface area contributed by atoms with Gasteiger partial charge >= 0.3 is 0 Å². The van der Waals surface area contributed by atoms with Gasteiger partial charge in [-0.2, -0.15) is 0 Å². The molecule has 2 nitrogen and oxygen atoms in total. The topological polar surface area (TPSA) is 37.3 Å². The summed E-state index contributed by atoms with van der Waals surface area (Å²) in [5.74, 6) is 0.614. The first kappa shape index (κ1) is 20.6. The highest BCUT2D eigenvalue weighted by atomic mass is 16.3.